The van der Waals surface area contributed by atoms with Crippen LogP contribution in [0.25, 0.3) is 22.3 Å². The molecule has 4 aromatic rings. The Balaban J connectivity index is 0.752. The Hall–Kier alpha value is -5.73. The Bertz CT molecular complexity index is 2510. The highest BCUT2D eigenvalue weighted by molar-refractivity contribution is 5.86. The van der Waals surface area contributed by atoms with Crippen molar-refractivity contribution in [2.24, 2.45) is 0 Å². The van der Waals surface area contributed by atoms with Gasteiger partial charge in [0, 0.05) is 75.3 Å². The van der Waals surface area contributed by atoms with Crippen LogP contribution in [0.3, 0.4) is 0 Å². The molecule has 6 fully saturated rings. The number of hydrogen-bond acceptors (Lipinski definition) is 19. The van der Waals surface area contributed by atoms with E-state index in [1.54, 1.807) is 26.5 Å². The zero-order valence-corrected chi connectivity index (χ0v) is 44.8. The Morgan fingerprint density at radius 1 is 0.539 bits per heavy atom. The number of aromatic nitrogens is 8. The summed E-state index contributed by atoms with van der Waals surface area (Å²) in [6.07, 6.45) is 8.20. The molecular weight excluding hydrogens is 977 g/mol. The summed E-state index contributed by atoms with van der Waals surface area (Å²) < 4.78 is 3.64. The van der Waals surface area contributed by atoms with Crippen LogP contribution in [0.15, 0.2) is 12.7 Å². The molecule has 10 atom stereocenters. The molecule has 2 saturated heterocycles. The lowest BCUT2D eigenvalue weighted by atomic mass is 9.90. The number of rotatable bonds is 16. The number of imidazole rings is 2. The number of carbonyl (C=O) groups excluding carboxylic acids is 3. The van der Waals surface area contributed by atoms with Crippen molar-refractivity contribution < 1.29 is 34.8 Å². The van der Waals surface area contributed by atoms with Crippen LogP contribution in [-0.4, -0.2) is 214 Å². The van der Waals surface area contributed by atoms with E-state index in [4.69, 9.17) is 29.9 Å². The van der Waals surface area contributed by atoms with E-state index in [0.29, 0.717) is 70.8 Å². The Morgan fingerprint density at radius 2 is 0.921 bits per heavy atom. The van der Waals surface area contributed by atoms with Gasteiger partial charge in [-0.3, -0.25) is 9.59 Å². The van der Waals surface area contributed by atoms with Gasteiger partial charge in [0.2, 0.25) is 23.7 Å². The molecule has 0 unspecified atom stereocenters. The molecule has 4 amide bonds. The average Bonchev–Trinajstić information content (AvgIpc) is 4.29. The molecule has 4 aromatic heterocycles. The smallest absolute Gasteiger partial charge is 0.315 e. The monoisotopic (exact) mass is 1060 g/mol. The maximum atomic E-state index is 13.5. The molecule has 2 aliphatic heterocycles. The maximum absolute atomic E-state index is 13.5. The van der Waals surface area contributed by atoms with Crippen LogP contribution < -0.4 is 41.7 Å². The van der Waals surface area contributed by atoms with Gasteiger partial charge in [-0.05, 0) is 105 Å². The predicted molar refractivity (Wildman–Crippen MR) is 286 cm³/mol. The molecule has 416 valence electrons. The third kappa shape index (κ3) is 11.2. The quantitative estimate of drug-likeness (QED) is 0.0743. The van der Waals surface area contributed by atoms with E-state index in [-0.39, 0.29) is 54.9 Å². The number of carbonyl (C=O) groups is 3. The largest absolute Gasteiger partial charge is 0.388 e. The molecule has 0 bridgehead atoms. The number of nitrogens with one attached hydrogen (secondary N) is 6. The fourth-order valence-electron chi connectivity index (χ4n) is 12.5. The molecule has 0 spiro atoms. The molecule has 25 nitrogen and oxygen atoms in total. The second-order valence-electron chi connectivity index (χ2n) is 22.7. The third-order valence-electron chi connectivity index (χ3n) is 17.3. The highest BCUT2D eigenvalue weighted by Gasteiger charge is 2.46. The van der Waals surface area contributed by atoms with Gasteiger partial charge in [-0.15, -0.1) is 0 Å². The summed E-state index contributed by atoms with van der Waals surface area (Å²) in [5, 5.41) is 64.0. The van der Waals surface area contributed by atoms with E-state index < -0.39 is 48.6 Å². The van der Waals surface area contributed by atoms with Gasteiger partial charge in [-0.2, -0.15) is 19.9 Å². The van der Waals surface area contributed by atoms with Gasteiger partial charge in [0.25, 0.3) is 0 Å². The summed E-state index contributed by atoms with van der Waals surface area (Å²) in [7, 11) is 8.31. The van der Waals surface area contributed by atoms with E-state index in [9.17, 15) is 34.8 Å². The van der Waals surface area contributed by atoms with Crippen LogP contribution in [0.4, 0.5) is 28.3 Å². The van der Waals surface area contributed by atoms with Gasteiger partial charge < -0.3 is 81.1 Å². The topological polar surface area (TPSA) is 304 Å². The molecule has 4 aliphatic carbocycles. The predicted octanol–water partition coefficient (Wildman–Crippen LogP) is 0.815. The van der Waals surface area contributed by atoms with E-state index in [0.717, 1.165) is 90.4 Å². The van der Waals surface area contributed by atoms with Crippen molar-refractivity contribution in [3.63, 3.8) is 0 Å². The van der Waals surface area contributed by atoms with Crippen molar-refractivity contribution in [2.75, 3.05) is 74.8 Å². The first-order valence-corrected chi connectivity index (χ1v) is 27.8. The number of amides is 4. The van der Waals surface area contributed by atoms with Crippen LogP contribution in [0.1, 0.15) is 116 Å². The van der Waals surface area contributed by atoms with E-state index in [2.05, 4.69) is 79.7 Å². The number of nitrogens with zero attached hydrogens (tertiary/aromatic N) is 12. The second-order valence-corrected chi connectivity index (χ2v) is 22.7. The minimum atomic E-state index is -1.14. The van der Waals surface area contributed by atoms with Crippen molar-refractivity contribution in [2.45, 2.75) is 189 Å². The van der Waals surface area contributed by atoms with E-state index in [1.807, 2.05) is 9.13 Å². The van der Waals surface area contributed by atoms with Gasteiger partial charge in [0.15, 0.2) is 34.0 Å². The first-order chi connectivity index (χ1) is 36.5. The van der Waals surface area contributed by atoms with Crippen LogP contribution >= 0.6 is 0 Å². The molecule has 10 N–H and O–H groups in total. The number of anilines is 4. The van der Waals surface area contributed by atoms with E-state index >= 15 is 0 Å². The van der Waals surface area contributed by atoms with Crippen LogP contribution in [0.5, 0.6) is 0 Å². The Kier molecular flexibility index (Phi) is 16.0. The zero-order valence-electron chi connectivity index (χ0n) is 44.8. The number of aliphatic hydroxyl groups is 4. The van der Waals surface area contributed by atoms with Crippen LogP contribution in [0.2, 0.25) is 0 Å². The van der Waals surface area contributed by atoms with Crippen molar-refractivity contribution >= 4 is 63.7 Å². The second kappa shape index (κ2) is 22.7. The minimum absolute atomic E-state index is 0.00705. The normalized spacial score (nSPS) is 31.9. The molecule has 0 radical (unpaired) electrons. The zero-order chi connectivity index (χ0) is 53.5. The summed E-state index contributed by atoms with van der Waals surface area (Å²) in [6, 6.07) is -1.63. The standard InChI is InChI=1S/C51H80N18O7/c1-7-37(70)58-33-21-35(43(74)41(33)72)68-25-52-39-45(60-49(62-47(39)68)66-19-17-31(23-66)64(3)4)54-27-9-13-29(14-10-27)56-51(76)57-30-15-11-28(12-16-30)55-46-40-48(63-50(61-46)67-20-18-32(24-67)65(5)6)69(26-53-40)36-22-34(42(73)44(36)75)59-38(71)8-2/h25-36,41-44,72-75H,7-24H2,1-6H3,(H,58,70)(H,59,71)(H,54,60,62)(H,55,61,63)(H2,56,57,76)/t27?,28?,29?,30?,31-,32-,33+,34+,35-,36-,41-,42-,43+,44+/m1/s1. The van der Waals surface area contributed by atoms with Crippen molar-refractivity contribution in [1.29, 1.82) is 0 Å². The first kappa shape index (κ1) is 53.7. The molecule has 76 heavy (non-hydrogen) atoms. The first-order valence-electron chi connectivity index (χ1n) is 27.8. The summed E-state index contributed by atoms with van der Waals surface area (Å²) in [6.45, 7) is 6.62. The average molecular weight is 1060 g/mol. The maximum Gasteiger partial charge on any atom is 0.315 e. The highest BCUT2D eigenvalue weighted by Crippen LogP contribution is 2.38. The Labute approximate surface area is 443 Å². The molecule has 10 rings (SSSR count). The van der Waals surface area contributed by atoms with Gasteiger partial charge >= 0.3 is 6.03 Å². The summed E-state index contributed by atoms with van der Waals surface area (Å²) >= 11 is 0. The summed E-state index contributed by atoms with van der Waals surface area (Å²) in [4.78, 5) is 76.6. The lowest BCUT2D eigenvalue weighted by Gasteiger charge is -2.32. The van der Waals surface area contributed by atoms with Crippen molar-refractivity contribution in [1.82, 2.24) is 70.1 Å². The number of fused-ring (bicyclic) bond motifs is 2. The van der Waals surface area contributed by atoms with Crippen molar-refractivity contribution in [3.05, 3.63) is 12.7 Å². The minimum Gasteiger partial charge on any atom is -0.388 e. The molecule has 6 aliphatic rings. The van der Waals surface area contributed by atoms with E-state index in [1.165, 1.54) is 0 Å². The number of likely N-dealkylation sites (N-methyl/N-ethyl adjacent to an activating group) is 2. The van der Waals surface area contributed by atoms with Gasteiger partial charge in [0.1, 0.15) is 24.4 Å². The van der Waals surface area contributed by atoms with Crippen LogP contribution in [0, 0.1) is 0 Å². The molecule has 6 heterocycles. The number of aliphatic hydroxyl groups excluding tert-OH is 4. The summed E-state index contributed by atoms with van der Waals surface area (Å²) in [5.74, 6) is 1.99. The third-order valence-corrected chi connectivity index (χ3v) is 17.3. The fourth-order valence-corrected chi connectivity index (χ4v) is 12.5. The molecule has 4 saturated carbocycles. The molecule has 25 heteroatoms. The van der Waals surface area contributed by atoms with Gasteiger partial charge in [0.05, 0.1) is 36.8 Å². The molecular formula is C51H80N18O7. The van der Waals surface area contributed by atoms with Gasteiger partial charge in [-0.25, -0.2) is 14.8 Å². The van der Waals surface area contributed by atoms with Crippen LogP contribution in [-0.2, 0) is 9.59 Å². The highest BCUT2D eigenvalue weighted by atomic mass is 16.3. The number of hydrogen-bond donors (Lipinski definition) is 10. The molecule has 0 aromatic carbocycles. The number of urea groups is 1. The fraction of sp³-hybridized carbons (Fsp3) is 0.745. The SMILES string of the molecule is CCC(=O)N[C@H]1C[C@@H](n2cnc3c(NC4CCC(NC(=O)NC5CCC(Nc6nc(N7CC[C@@H](N(C)C)C7)nc7c6ncn7[C@@H]6C[C@H](NC(=O)CC)[C@@H](O)[C@H]6O)CC5)CC4)nc(N4CC[C@@H](N(C)C)C4)nc32)[C@H](O)[C@@H]1O. The summed E-state index contributed by atoms with van der Waals surface area (Å²) in [5.41, 5.74) is 2.25. The Morgan fingerprint density at radius 3 is 1.28 bits per heavy atom. The van der Waals surface area contributed by atoms with Crippen molar-refractivity contribution in [3.8, 4) is 0 Å². The lowest BCUT2D eigenvalue weighted by molar-refractivity contribution is -0.123. The van der Waals surface area contributed by atoms with Gasteiger partial charge in [-0.1, -0.05) is 13.8 Å². The lowest BCUT2D eigenvalue weighted by Crippen LogP contribution is -2.49.